The van der Waals surface area contributed by atoms with Crippen LogP contribution in [0.4, 0.5) is 16.0 Å². The molecule has 6 rings (SSSR count). The summed E-state index contributed by atoms with van der Waals surface area (Å²) in [7, 11) is 3.63. The molecule has 4 aromatic heterocycles. The van der Waals surface area contributed by atoms with E-state index >= 15 is 4.39 Å². The van der Waals surface area contributed by atoms with Crippen LogP contribution in [0.25, 0.3) is 33.5 Å². The lowest BCUT2D eigenvalue weighted by atomic mass is 9.99. The molecule has 5 aromatic rings. The van der Waals surface area contributed by atoms with Crippen molar-refractivity contribution < 1.29 is 9.18 Å². The number of amides is 1. The van der Waals surface area contributed by atoms with Crippen LogP contribution in [0.1, 0.15) is 16.8 Å². The lowest BCUT2D eigenvalue weighted by Gasteiger charge is -2.14. The Hall–Kier alpha value is -4.57. The Labute approximate surface area is 228 Å². The molecule has 39 heavy (non-hydrogen) atoms. The monoisotopic (exact) mass is 542 g/mol. The lowest BCUT2D eigenvalue weighted by Crippen LogP contribution is -2.28. The smallest absolute Gasteiger partial charge is 0.244 e. The highest BCUT2D eigenvalue weighted by Gasteiger charge is 2.24. The van der Waals surface area contributed by atoms with Crippen LogP contribution in [-0.2, 0) is 18.4 Å². The van der Waals surface area contributed by atoms with E-state index in [0.717, 1.165) is 22.4 Å². The number of fused-ring (bicyclic) bond motifs is 2. The Bertz CT molecular complexity index is 1790. The first kappa shape index (κ1) is 24.7. The molecule has 0 spiro atoms. The summed E-state index contributed by atoms with van der Waals surface area (Å²) in [5, 5.41) is 13.3. The summed E-state index contributed by atoms with van der Waals surface area (Å²) in [4.78, 5) is 22.9. The van der Waals surface area contributed by atoms with E-state index in [9.17, 15) is 4.79 Å². The number of carbonyl (C=O) groups excluding carboxylic acids is 1. The zero-order valence-electron chi connectivity index (χ0n) is 21.5. The maximum absolute atomic E-state index is 15.2. The van der Waals surface area contributed by atoms with E-state index < -0.39 is 5.82 Å². The molecular weight excluding hydrogens is 519 g/mol. The Kier molecular flexibility index (Phi) is 6.11. The molecule has 0 saturated carbocycles. The largest absolute Gasteiger partial charge is 0.340 e. The van der Waals surface area contributed by atoms with Crippen LogP contribution in [-0.4, -0.2) is 53.9 Å². The van der Waals surface area contributed by atoms with Crippen molar-refractivity contribution in [2.75, 3.05) is 18.9 Å². The van der Waals surface area contributed by atoms with Crippen LogP contribution in [0.2, 0.25) is 5.02 Å². The van der Waals surface area contributed by atoms with Gasteiger partial charge in [0.05, 0.1) is 16.9 Å². The summed E-state index contributed by atoms with van der Waals surface area (Å²) in [5.41, 5.74) is 4.61. The number of nitrogens with zero attached hydrogens (tertiary/aromatic N) is 7. The van der Waals surface area contributed by atoms with Crippen molar-refractivity contribution in [1.82, 2.24) is 34.4 Å². The molecule has 1 N–H and O–H groups in total. The molecule has 0 radical (unpaired) electrons. The van der Waals surface area contributed by atoms with E-state index in [4.69, 9.17) is 11.6 Å². The molecule has 1 aliphatic heterocycles. The Morgan fingerprint density at radius 2 is 1.92 bits per heavy atom. The number of hydrogen-bond donors (Lipinski definition) is 1. The number of halogens is 2. The number of anilines is 2. The third-order valence-electron chi connectivity index (χ3n) is 6.78. The highest BCUT2D eigenvalue weighted by molar-refractivity contribution is 6.36. The molecule has 0 fully saturated rings. The summed E-state index contributed by atoms with van der Waals surface area (Å²) in [5.74, 6) is 0.485. The number of rotatable bonds is 4. The van der Waals surface area contributed by atoms with Crippen molar-refractivity contribution in [3.63, 3.8) is 0 Å². The second-order valence-electron chi connectivity index (χ2n) is 9.60. The van der Waals surface area contributed by atoms with Gasteiger partial charge in [-0.25, -0.2) is 9.37 Å². The zero-order chi connectivity index (χ0) is 27.3. The van der Waals surface area contributed by atoms with Gasteiger partial charge in [-0.05, 0) is 47.7 Å². The van der Waals surface area contributed by atoms with Crippen LogP contribution >= 0.6 is 11.6 Å². The van der Waals surface area contributed by atoms with Crippen LogP contribution in [0.3, 0.4) is 0 Å². The normalized spacial score (nSPS) is 14.6. The van der Waals surface area contributed by atoms with Crippen molar-refractivity contribution in [2.24, 2.45) is 7.05 Å². The average Bonchev–Trinajstić information content (AvgIpc) is 3.48. The predicted molar refractivity (Wildman–Crippen MR) is 149 cm³/mol. The van der Waals surface area contributed by atoms with E-state index in [-0.39, 0.29) is 17.5 Å². The quantitative estimate of drug-likeness (QED) is 0.340. The van der Waals surface area contributed by atoms with Crippen molar-refractivity contribution in [3.8, 4) is 11.1 Å². The van der Waals surface area contributed by atoms with Gasteiger partial charge in [0.25, 0.3) is 0 Å². The third-order valence-corrected chi connectivity index (χ3v) is 7.15. The van der Waals surface area contributed by atoms with Gasteiger partial charge in [0.1, 0.15) is 18.2 Å². The van der Waals surface area contributed by atoms with E-state index in [1.165, 1.54) is 6.20 Å². The number of pyridine rings is 2. The van der Waals surface area contributed by atoms with Gasteiger partial charge in [-0.3, -0.25) is 19.1 Å². The predicted octanol–water partition coefficient (Wildman–Crippen LogP) is 5.08. The van der Waals surface area contributed by atoms with Crippen LogP contribution in [0, 0.1) is 12.7 Å². The molecule has 0 bridgehead atoms. The minimum atomic E-state index is -0.511. The molecular formula is C28H24ClFN8O. The fourth-order valence-electron chi connectivity index (χ4n) is 4.74. The first-order valence-electron chi connectivity index (χ1n) is 12.2. The maximum Gasteiger partial charge on any atom is 0.244 e. The van der Waals surface area contributed by atoms with Gasteiger partial charge in [0, 0.05) is 73.6 Å². The fraction of sp³-hybridized carbons (Fsp3) is 0.179. The molecule has 0 atom stereocenters. The van der Waals surface area contributed by atoms with Gasteiger partial charge in [-0.1, -0.05) is 11.6 Å². The molecule has 5 heterocycles. The van der Waals surface area contributed by atoms with Crippen LogP contribution in [0.15, 0.2) is 55.2 Å². The molecule has 1 amide bonds. The number of carbonyl (C=O) groups is 1. The molecule has 9 nitrogen and oxygen atoms in total. The van der Waals surface area contributed by atoms with Gasteiger partial charge in [0.15, 0.2) is 5.82 Å². The van der Waals surface area contributed by atoms with Crippen molar-refractivity contribution in [1.29, 1.82) is 0 Å². The second-order valence-corrected chi connectivity index (χ2v) is 9.98. The van der Waals surface area contributed by atoms with E-state index in [1.54, 1.807) is 52.0 Å². The van der Waals surface area contributed by atoms with Gasteiger partial charge >= 0.3 is 0 Å². The van der Waals surface area contributed by atoms with E-state index in [1.807, 2.05) is 38.4 Å². The summed E-state index contributed by atoms with van der Waals surface area (Å²) >= 11 is 6.42. The van der Waals surface area contributed by atoms with Gasteiger partial charge in [-0.15, -0.1) is 0 Å². The average molecular weight is 543 g/mol. The van der Waals surface area contributed by atoms with Crippen molar-refractivity contribution >= 4 is 51.6 Å². The van der Waals surface area contributed by atoms with Crippen LogP contribution < -0.4 is 5.32 Å². The zero-order valence-corrected chi connectivity index (χ0v) is 22.2. The second kappa shape index (κ2) is 9.63. The van der Waals surface area contributed by atoms with E-state index in [2.05, 4.69) is 25.5 Å². The summed E-state index contributed by atoms with van der Waals surface area (Å²) in [6, 6.07) is 7.27. The van der Waals surface area contributed by atoms with Crippen molar-refractivity contribution in [3.05, 3.63) is 82.9 Å². The first-order valence-corrected chi connectivity index (χ1v) is 12.6. The molecule has 0 aliphatic carbocycles. The number of aryl methyl sites for hydroxylation is 2. The molecule has 196 valence electrons. The molecule has 0 saturated heterocycles. The van der Waals surface area contributed by atoms with Gasteiger partial charge in [-0.2, -0.15) is 10.2 Å². The SMILES string of the molecule is Cc1ccncc1-c1cc2cc(Nc3cc4n(n3)CC(=O)N(C)C/C4=C/c3cnn(C)c3)ncc2c(Cl)c1F. The Morgan fingerprint density at radius 3 is 2.69 bits per heavy atom. The maximum atomic E-state index is 15.2. The highest BCUT2D eigenvalue weighted by Crippen LogP contribution is 2.36. The van der Waals surface area contributed by atoms with Gasteiger partial charge < -0.3 is 10.2 Å². The summed E-state index contributed by atoms with van der Waals surface area (Å²) in [6.45, 7) is 2.45. The van der Waals surface area contributed by atoms with E-state index in [0.29, 0.717) is 40.1 Å². The number of nitrogens with one attached hydrogen (secondary N) is 1. The minimum Gasteiger partial charge on any atom is -0.340 e. The molecule has 0 unspecified atom stereocenters. The van der Waals surface area contributed by atoms with Crippen molar-refractivity contribution in [2.45, 2.75) is 13.5 Å². The van der Waals surface area contributed by atoms with Gasteiger partial charge in [0.2, 0.25) is 5.91 Å². The summed E-state index contributed by atoms with van der Waals surface area (Å²) in [6.07, 6.45) is 10.5. The minimum absolute atomic E-state index is 0.00585. The number of aromatic nitrogens is 6. The lowest BCUT2D eigenvalue weighted by molar-refractivity contribution is -0.129. The molecule has 1 aliphatic rings. The number of likely N-dealkylation sites (N-methyl/N-ethyl adjacent to an activating group) is 1. The number of hydrogen-bond acceptors (Lipinski definition) is 6. The first-order chi connectivity index (χ1) is 18.8. The summed E-state index contributed by atoms with van der Waals surface area (Å²) < 4.78 is 18.6. The third kappa shape index (κ3) is 4.63. The standard InChI is InChI=1S/C28H24ClFN8O/c1-16-4-5-31-11-21(16)20-7-18-8-24(32-12-22(18)27(29)28(20)30)34-25-9-23-19(6-17-10-33-37(3)13-17)14-36(2)26(39)15-38(23)35-25/h4-13H,14-15H2,1-3H3,(H,32,34,35)/b19-6-. The fourth-order valence-corrected chi connectivity index (χ4v) is 5.00. The molecule has 1 aromatic carbocycles. The topological polar surface area (TPSA) is 93.8 Å². The molecule has 11 heteroatoms. The number of benzene rings is 1. The Balaban J connectivity index is 1.38. The Morgan fingerprint density at radius 1 is 1.08 bits per heavy atom. The highest BCUT2D eigenvalue weighted by atomic mass is 35.5. The van der Waals surface area contributed by atoms with Crippen LogP contribution in [0.5, 0.6) is 0 Å².